The molecule has 1 saturated heterocycles. The summed E-state index contributed by atoms with van der Waals surface area (Å²) >= 11 is 6.58. The van der Waals surface area contributed by atoms with Crippen LogP contribution in [0.3, 0.4) is 0 Å². The average Bonchev–Trinajstić information content (AvgIpc) is 2.35. The highest BCUT2D eigenvalue weighted by molar-refractivity contribution is 8.02. The van der Waals surface area contributed by atoms with E-state index in [2.05, 4.69) is 0 Å². The number of halogens is 3. The topological polar surface area (TPSA) is 46.3 Å². The number of carbonyl (C=O) groups excluding carboxylic acids is 1. The monoisotopic (exact) mass is 314 g/mol. The lowest BCUT2D eigenvalue weighted by Gasteiger charge is -2.40. The van der Waals surface area contributed by atoms with Crippen LogP contribution in [0.1, 0.15) is 25.7 Å². The van der Waals surface area contributed by atoms with Gasteiger partial charge in [0.2, 0.25) is 5.91 Å². The van der Waals surface area contributed by atoms with Crippen LogP contribution in [0.25, 0.3) is 0 Å². The molecule has 1 aliphatic rings. The van der Waals surface area contributed by atoms with E-state index in [1.165, 1.54) is 4.90 Å². The first kappa shape index (κ1) is 16.6. The molecule has 1 amide bonds. The Balaban J connectivity index is 2.49. The molecule has 3 nitrogen and oxygen atoms in total. The summed E-state index contributed by atoms with van der Waals surface area (Å²) in [5.74, 6) is -0.449. The maximum absolute atomic E-state index is 12.1. The van der Waals surface area contributed by atoms with E-state index in [-0.39, 0.29) is 4.75 Å². The number of piperidine rings is 1. The Hall–Kier alpha value is -0.500. The number of thioether (sulfide) groups is 1. The molecular formula is C11H17F3N2OS2. The zero-order chi connectivity index (χ0) is 14.7. The van der Waals surface area contributed by atoms with Gasteiger partial charge in [-0.25, -0.2) is 0 Å². The Morgan fingerprint density at radius 2 is 1.95 bits per heavy atom. The quantitative estimate of drug-likeness (QED) is 0.809. The van der Waals surface area contributed by atoms with Crippen LogP contribution < -0.4 is 5.73 Å². The summed E-state index contributed by atoms with van der Waals surface area (Å²) in [6.45, 7) is 0.823. The zero-order valence-electron chi connectivity index (χ0n) is 10.6. The normalized spacial score (nSPS) is 19.3. The largest absolute Gasteiger partial charge is 0.392 e. The van der Waals surface area contributed by atoms with Gasteiger partial charge in [-0.05, 0) is 19.1 Å². The molecule has 0 aromatic heterocycles. The molecular weight excluding hydrogens is 297 g/mol. The van der Waals surface area contributed by atoms with Crippen LogP contribution in [0.5, 0.6) is 0 Å². The van der Waals surface area contributed by atoms with Crippen molar-refractivity contribution in [2.75, 3.05) is 19.3 Å². The van der Waals surface area contributed by atoms with Crippen molar-refractivity contribution in [3.05, 3.63) is 0 Å². The lowest BCUT2D eigenvalue weighted by molar-refractivity contribution is -0.149. The van der Waals surface area contributed by atoms with Gasteiger partial charge in [-0.2, -0.15) is 24.9 Å². The Kier molecular flexibility index (Phi) is 5.49. The minimum Gasteiger partial charge on any atom is -0.392 e. The number of nitrogens with zero attached hydrogens (tertiary/aromatic N) is 1. The third-order valence-electron chi connectivity index (χ3n) is 3.39. The van der Waals surface area contributed by atoms with Gasteiger partial charge in [0.25, 0.3) is 0 Å². The molecule has 1 aliphatic heterocycles. The molecule has 110 valence electrons. The van der Waals surface area contributed by atoms with Crippen molar-refractivity contribution >= 4 is 34.9 Å². The number of likely N-dealkylation sites (tertiary alicyclic amines) is 1. The molecule has 0 saturated carbocycles. The van der Waals surface area contributed by atoms with Crippen LogP contribution in [0.15, 0.2) is 0 Å². The summed E-state index contributed by atoms with van der Waals surface area (Å²) in [7, 11) is 0. The lowest BCUT2D eigenvalue weighted by atomic mass is 9.95. The van der Waals surface area contributed by atoms with E-state index in [0.717, 1.165) is 0 Å². The molecule has 0 aromatic rings. The molecule has 0 atom stereocenters. The molecule has 1 rings (SSSR count). The summed E-state index contributed by atoms with van der Waals surface area (Å²) in [4.78, 5) is 13.5. The number of carbonyl (C=O) groups is 1. The van der Waals surface area contributed by atoms with E-state index in [4.69, 9.17) is 18.0 Å². The second-order valence-electron chi connectivity index (χ2n) is 4.56. The van der Waals surface area contributed by atoms with E-state index in [1.54, 1.807) is 11.8 Å². The molecule has 0 bridgehead atoms. The summed E-state index contributed by atoms with van der Waals surface area (Å²) in [6.07, 6.45) is -2.73. The van der Waals surface area contributed by atoms with Gasteiger partial charge in [0.15, 0.2) is 0 Å². The van der Waals surface area contributed by atoms with Crippen molar-refractivity contribution in [3.8, 4) is 0 Å². The van der Waals surface area contributed by atoms with E-state index in [9.17, 15) is 18.0 Å². The van der Waals surface area contributed by atoms with Crippen LogP contribution in [-0.2, 0) is 4.79 Å². The summed E-state index contributed by atoms with van der Waals surface area (Å²) in [5, 5.41) is 0. The number of nitrogens with two attached hydrogens (primary N) is 1. The van der Waals surface area contributed by atoms with Crippen molar-refractivity contribution in [2.24, 2.45) is 5.73 Å². The minimum absolute atomic E-state index is 0.323. The van der Waals surface area contributed by atoms with Crippen LogP contribution in [0.2, 0.25) is 0 Å². The Morgan fingerprint density at radius 1 is 1.42 bits per heavy atom. The van der Waals surface area contributed by atoms with Crippen molar-refractivity contribution < 1.29 is 18.0 Å². The SMILES string of the molecule is CSC1(C(N)=S)CCN(C(=O)CCC(F)(F)F)CC1. The Bertz CT molecular complexity index is 352. The second kappa shape index (κ2) is 6.30. The fourth-order valence-electron chi connectivity index (χ4n) is 2.08. The molecule has 1 heterocycles. The third kappa shape index (κ3) is 4.52. The standard InChI is InChI=1S/C11H17F3N2OS2/c1-19-10(9(15)18)4-6-16(7-5-10)8(17)2-3-11(12,13)14/h2-7H2,1H3,(H2,15,18). The first-order valence-corrected chi connectivity index (χ1v) is 7.53. The number of hydrogen-bond acceptors (Lipinski definition) is 3. The van der Waals surface area contributed by atoms with Gasteiger partial charge in [0.05, 0.1) is 16.2 Å². The molecule has 8 heteroatoms. The van der Waals surface area contributed by atoms with Crippen molar-refractivity contribution in [1.82, 2.24) is 4.90 Å². The predicted molar refractivity (Wildman–Crippen MR) is 74.1 cm³/mol. The lowest BCUT2D eigenvalue weighted by Crippen LogP contribution is -2.50. The van der Waals surface area contributed by atoms with Gasteiger partial charge >= 0.3 is 6.18 Å². The highest BCUT2D eigenvalue weighted by atomic mass is 32.2. The second-order valence-corrected chi connectivity index (χ2v) is 6.19. The zero-order valence-corrected chi connectivity index (χ0v) is 12.3. The highest BCUT2D eigenvalue weighted by Crippen LogP contribution is 2.35. The van der Waals surface area contributed by atoms with Gasteiger partial charge in [-0.1, -0.05) is 12.2 Å². The van der Waals surface area contributed by atoms with Gasteiger partial charge in [0, 0.05) is 19.5 Å². The molecule has 0 radical (unpaired) electrons. The van der Waals surface area contributed by atoms with Crippen molar-refractivity contribution in [2.45, 2.75) is 36.6 Å². The molecule has 19 heavy (non-hydrogen) atoms. The number of rotatable bonds is 4. The molecule has 0 aromatic carbocycles. The molecule has 0 spiro atoms. The number of thiocarbonyl (C=S) groups is 1. The van der Waals surface area contributed by atoms with Crippen LogP contribution in [0, 0.1) is 0 Å². The Labute approximate surface area is 120 Å². The summed E-state index contributed by atoms with van der Waals surface area (Å²) in [5.41, 5.74) is 5.71. The predicted octanol–water partition coefficient (Wildman–Crippen LogP) is 2.34. The maximum atomic E-state index is 12.1. The van der Waals surface area contributed by atoms with Gasteiger partial charge in [-0.3, -0.25) is 4.79 Å². The molecule has 1 fully saturated rings. The summed E-state index contributed by atoms with van der Waals surface area (Å²) in [6, 6.07) is 0. The maximum Gasteiger partial charge on any atom is 0.389 e. The first-order valence-electron chi connectivity index (χ1n) is 5.90. The van der Waals surface area contributed by atoms with Crippen molar-refractivity contribution in [3.63, 3.8) is 0 Å². The van der Waals surface area contributed by atoms with E-state index >= 15 is 0 Å². The van der Waals surface area contributed by atoms with Crippen LogP contribution in [-0.4, -0.2) is 46.1 Å². The van der Waals surface area contributed by atoms with Crippen molar-refractivity contribution in [1.29, 1.82) is 0 Å². The third-order valence-corrected chi connectivity index (χ3v) is 5.32. The van der Waals surface area contributed by atoms with Crippen LogP contribution >= 0.6 is 24.0 Å². The fraction of sp³-hybridized carbons (Fsp3) is 0.818. The number of alkyl halides is 3. The van der Waals surface area contributed by atoms with E-state index in [1.807, 2.05) is 6.26 Å². The average molecular weight is 314 g/mol. The molecule has 2 N–H and O–H groups in total. The van der Waals surface area contributed by atoms with Gasteiger partial charge < -0.3 is 10.6 Å². The molecule has 0 unspecified atom stereocenters. The van der Waals surface area contributed by atoms with Crippen LogP contribution in [0.4, 0.5) is 13.2 Å². The smallest absolute Gasteiger partial charge is 0.389 e. The highest BCUT2D eigenvalue weighted by Gasteiger charge is 2.38. The van der Waals surface area contributed by atoms with Gasteiger partial charge in [-0.15, -0.1) is 0 Å². The first-order chi connectivity index (χ1) is 8.70. The van der Waals surface area contributed by atoms with Gasteiger partial charge in [0.1, 0.15) is 0 Å². The minimum atomic E-state index is -4.28. The number of hydrogen-bond donors (Lipinski definition) is 1. The Morgan fingerprint density at radius 3 is 2.32 bits per heavy atom. The fourth-order valence-corrected chi connectivity index (χ4v) is 3.32. The molecule has 0 aliphatic carbocycles. The number of amides is 1. The van der Waals surface area contributed by atoms with E-state index < -0.39 is 24.9 Å². The summed E-state index contributed by atoms with van der Waals surface area (Å²) < 4.78 is 35.9. The van der Waals surface area contributed by atoms with E-state index in [0.29, 0.717) is 30.9 Å².